The topological polar surface area (TPSA) is 86.8 Å². The first-order chi connectivity index (χ1) is 21.0. The number of carbonyl (C=O) groups excluding carboxylic acids is 2. The van der Waals surface area contributed by atoms with E-state index in [2.05, 4.69) is 5.32 Å². The van der Waals surface area contributed by atoms with Gasteiger partial charge in [-0.2, -0.15) is 0 Å². The molecule has 0 unspecified atom stereocenters. The summed E-state index contributed by atoms with van der Waals surface area (Å²) in [6.45, 7) is 9.12. The van der Waals surface area contributed by atoms with Gasteiger partial charge < -0.3 is 10.2 Å². The lowest BCUT2D eigenvalue weighted by molar-refractivity contribution is -0.140. The minimum Gasteiger partial charge on any atom is -0.352 e. The van der Waals surface area contributed by atoms with E-state index in [1.807, 2.05) is 95.3 Å². The number of carbonyl (C=O) groups is 2. The molecule has 1 atom stereocenters. The average Bonchev–Trinajstić information content (AvgIpc) is 2.98. The van der Waals surface area contributed by atoms with Crippen molar-refractivity contribution in [3.05, 3.63) is 131 Å². The summed E-state index contributed by atoms with van der Waals surface area (Å²) in [4.78, 5) is 29.9. The normalized spacial score (nSPS) is 12.0. The van der Waals surface area contributed by atoms with Crippen LogP contribution < -0.4 is 9.62 Å². The Morgan fingerprint density at radius 3 is 2.07 bits per heavy atom. The number of nitrogens with zero attached hydrogens (tertiary/aromatic N) is 2. The van der Waals surface area contributed by atoms with E-state index in [1.54, 1.807) is 42.5 Å². The van der Waals surface area contributed by atoms with E-state index in [1.165, 1.54) is 4.90 Å². The van der Waals surface area contributed by atoms with E-state index < -0.39 is 28.5 Å². The molecule has 2 amide bonds. The summed E-state index contributed by atoms with van der Waals surface area (Å²) < 4.78 is 29.4. The fourth-order valence-electron chi connectivity index (χ4n) is 5.05. The second-order valence-electron chi connectivity index (χ2n) is 11.5. The van der Waals surface area contributed by atoms with Gasteiger partial charge in [0.15, 0.2) is 0 Å². The lowest BCUT2D eigenvalue weighted by Crippen LogP contribution is -2.54. The molecule has 0 aromatic heterocycles. The van der Waals surface area contributed by atoms with Gasteiger partial charge in [-0.25, -0.2) is 8.42 Å². The fourth-order valence-corrected chi connectivity index (χ4v) is 6.46. The number of amides is 2. The van der Waals surface area contributed by atoms with E-state index in [4.69, 9.17) is 0 Å². The molecule has 0 heterocycles. The first kappa shape index (κ1) is 32.5. The summed E-state index contributed by atoms with van der Waals surface area (Å²) in [6.07, 6.45) is 0.270. The summed E-state index contributed by atoms with van der Waals surface area (Å²) in [5.41, 5.74) is 4.89. The predicted octanol–water partition coefficient (Wildman–Crippen LogP) is 5.97. The van der Waals surface area contributed by atoms with Crippen molar-refractivity contribution in [3.8, 4) is 0 Å². The van der Waals surface area contributed by atoms with Gasteiger partial charge >= 0.3 is 0 Å². The molecule has 0 spiro atoms. The maximum absolute atomic E-state index is 14.5. The first-order valence-electron chi connectivity index (χ1n) is 14.8. The van der Waals surface area contributed by atoms with Crippen molar-refractivity contribution < 1.29 is 18.0 Å². The maximum atomic E-state index is 14.5. The molecular weight excluding hydrogens is 570 g/mol. The minimum atomic E-state index is -4.14. The molecule has 4 rings (SSSR count). The Kier molecular flexibility index (Phi) is 10.6. The number of benzene rings is 4. The van der Waals surface area contributed by atoms with Gasteiger partial charge in [-0.1, -0.05) is 84.4 Å². The van der Waals surface area contributed by atoms with Crippen molar-refractivity contribution in [1.29, 1.82) is 0 Å². The van der Waals surface area contributed by atoms with Crippen LogP contribution in [0.5, 0.6) is 0 Å². The highest BCUT2D eigenvalue weighted by molar-refractivity contribution is 7.92. The molecule has 0 fully saturated rings. The second-order valence-corrected chi connectivity index (χ2v) is 13.3. The summed E-state index contributed by atoms with van der Waals surface area (Å²) in [6, 6.07) is 29.9. The summed E-state index contributed by atoms with van der Waals surface area (Å²) in [5.74, 6) is -0.778. The quantitative estimate of drug-likeness (QED) is 0.214. The molecule has 4 aromatic carbocycles. The smallest absolute Gasteiger partial charge is 0.264 e. The molecule has 0 saturated carbocycles. The molecule has 0 aliphatic carbocycles. The Labute approximate surface area is 261 Å². The molecule has 44 heavy (non-hydrogen) atoms. The number of sulfonamides is 1. The van der Waals surface area contributed by atoms with Crippen LogP contribution in [-0.2, 0) is 32.6 Å². The first-order valence-corrected chi connectivity index (χ1v) is 16.2. The highest BCUT2D eigenvalue weighted by Crippen LogP contribution is 2.26. The summed E-state index contributed by atoms with van der Waals surface area (Å²) >= 11 is 0. The maximum Gasteiger partial charge on any atom is 0.264 e. The zero-order valence-corrected chi connectivity index (χ0v) is 26.8. The van der Waals surface area contributed by atoms with Crippen molar-refractivity contribution in [1.82, 2.24) is 10.2 Å². The number of hydrogen-bond donors (Lipinski definition) is 1. The Morgan fingerprint density at radius 1 is 0.773 bits per heavy atom. The van der Waals surface area contributed by atoms with Gasteiger partial charge in [-0.3, -0.25) is 13.9 Å². The SMILES string of the molecule is Cc1ccc(S(=O)(=O)N(CC(=O)N(Cc2ccccc2C)[C@@H](Cc2ccccc2)C(=O)NC(C)C)c2cccc(C)c2)cc1. The number of rotatable bonds is 12. The van der Waals surface area contributed by atoms with E-state index >= 15 is 0 Å². The summed E-state index contributed by atoms with van der Waals surface area (Å²) in [5, 5.41) is 2.99. The van der Waals surface area contributed by atoms with Gasteiger partial charge in [0.05, 0.1) is 10.6 Å². The largest absolute Gasteiger partial charge is 0.352 e. The summed E-state index contributed by atoms with van der Waals surface area (Å²) in [7, 11) is -4.14. The van der Waals surface area contributed by atoms with Crippen LogP contribution >= 0.6 is 0 Å². The Hall–Kier alpha value is -4.43. The second kappa shape index (κ2) is 14.4. The number of anilines is 1. The number of nitrogens with one attached hydrogen (secondary N) is 1. The lowest BCUT2D eigenvalue weighted by atomic mass is 10.0. The standard InChI is InChI=1S/C36H41N3O4S/c1-26(2)37-36(41)34(23-30-14-7-6-8-15-30)38(24-31-16-10-9-13-29(31)5)35(40)25-39(32-17-11-12-28(4)22-32)44(42,43)33-20-18-27(3)19-21-33/h6-22,26,34H,23-25H2,1-5H3,(H,37,41)/t34-/m0/s1. The van der Waals surface area contributed by atoms with Crippen LogP contribution in [0.15, 0.2) is 108 Å². The molecule has 0 aliphatic heterocycles. The van der Waals surface area contributed by atoms with Crippen molar-refractivity contribution in [2.75, 3.05) is 10.8 Å². The van der Waals surface area contributed by atoms with Gasteiger partial charge in [-0.05, 0) is 81.1 Å². The molecule has 4 aromatic rings. The van der Waals surface area contributed by atoms with Gasteiger partial charge in [0.25, 0.3) is 10.0 Å². The zero-order valence-electron chi connectivity index (χ0n) is 26.0. The van der Waals surface area contributed by atoms with E-state index in [-0.39, 0.29) is 29.8 Å². The van der Waals surface area contributed by atoms with Gasteiger partial charge in [0.1, 0.15) is 12.6 Å². The van der Waals surface area contributed by atoms with Crippen molar-refractivity contribution in [3.63, 3.8) is 0 Å². The third-order valence-corrected chi connectivity index (χ3v) is 9.27. The number of hydrogen-bond acceptors (Lipinski definition) is 4. The van der Waals surface area contributed by atoms with Crippen LogP contribution in [0.2, 0.25) is 0 Å². The minimum absolute atomic E-state index is 0.0845. The molecule has 0 bridgehead atoms. The molecule has 0 saturated heterocycles. The van der Waals surface area contributed by atoms with Crippen molar-refractivity contribution >= 4 is 27.5 Å². The molecule has 8 heteroatoms. The molecule has 1 N–H and O–H groups in total. The molecule has 230 valence electrons. The van der Waals surface area contributed by atoms with Crippen LogP contribution in [0.3, 0.4) is 0 Å². The lowest BCUT2D eigenvalue weighted by Gasteiger charge is -2.34. The third kappa shape index (κ3) is 8.14. The molecular formula is C36H41N3O4S. The highest BCUT2D eigenvalue weighted by atomic mass is 32.2. The van der Waals surface area contributed by atoms with E-state index in [0.717, 1.165) is 32.1 Å². The molecule has 0 radical (unpaired) electrons. The Bertz CT molecular complexity index is 1690. The average molecular weight is 612 g/mol. The monoisotopic (exact) mass is 611 g/mol. The van der Waals surface area contributed by atoms with Gasteiger partial charge in [0.2, 0.25) is 11.8 Å². The van der Waals surface area contributed by atoms with Crippen LogP contribution in [0.1, 0.15) is 41.7 Å². The van der Waals surface area contributed by atoms with Crippen molar-refractivity contribution in [2.24, 2.45) is 0 Å². The number of aryl methyl sites for hydroxylation is 3. The van der Waals surface area contributed by atoms with Crippen LogP contribution in [0.25, 0.3) is 0 Å². The van der Waals surface area contributed by atoms with Crippen molar-refractivity contribution in [2.45, 2.75) is 64.6 Å². The van der Waals surface area contributed by atoms with Crippen LogP contribution in [0, 0.1) is 20.8 Å². The van der Waals surface area contributed by atoms with Gasteiger partial charge in [-0.15, -0.1) is 0 Å². The fraction of sp³-hybridized carbons (Fsp3) is 0.278. The van der Waals surface area contributed by atoms with Crippen LogP contribution in [0.4, 0.5) is 5.69 Å². The van der Waals surface area contributed by atoms with Gasteiger partial charge in [0, 0.05) is 19.0 Å². The Balaban J connectivity index is 1.82. The molecule has 0 aliphatic rings. The van der Waals surface area contributed by atoms with E-state index in [9.17, 15) is 18.0 Å². The highest BCUT2D eigenvalue weighted by Gasteiger charge is 2.35. The molecule has 7 nitrogen and oxygen atoms in total. The predicted molar refractivity (Wildman–Crippen MR) is 176 cm³/mol. The zero-order chi connectivity index (χ0) is 31.9. The van der Waals surface area contributed by atoms with Crippen LogP contribution in [-0.4, -0.2) is 43.8 Å². The Morgan fingerprint density at radius 2 is 1.43 bits per heavy atom. The van der Waals surface area contributed by atoms with E-state index in [0.29, 0.717) is 5.69 Å². The third-order valence-electron chi connectivity index (χ3n) is 7.48.